The van der Waals surface area contributed by atoms with Crippen LogP contribution in [0.3, 0.4) is 0 Å². The quantitative estimate of drug-likeness (QED) is 0.761. The zero-order chi connectivity index (χ0) is 19.6. The molecule has 27 heavy (non-hydrogen) atoms. The van der Waals surface area contributed by atoms with Crippen molar-refractivity contribution < 1.29 is 18.3 Å². The minimum atomic E-state index is -1.25. The Balaban J connectivity index is 1.53. The fourth-order valence-corrected chi connectivity index (χ4v) is 6.00. The number of nitrogens with zero attached hydrogens (tertiary/aromatic N) is 2. The van der Waals surface area contributed by atoms with Crippen molar-refractivity contribution in [3.8, 4) is 0 Å². The molecule has 0 radical (unpaired) electrons. The normalized spacial score (nSPS) is 24.7. The van der Waals surface area contributed by atoms with Crippen molar-refractivity contribution >= 4 is 28.6 Å². The van der Waals surface area contributed by atoms with E-state index in [1.165, 1.54) is 12.1 Å². The molecule has 6 nitrogen and oxygen atoms in total. The van der Waals surface area contributed by atoms with Crippen LogP contribution in [0.4, 0.5) is 9.18 Å². The Hall–Kier alpha value is -1.00. The molecular formula is C18H26FN3O3S2. The van der Waals surface area contributed by atoms with E-state index in [0.717, 1.165) is 12.8 Å². The van der Waals surface area contributed by atoms with E-state index in [4.69, 9.17) is 0 Å². The summed E-state index contributed by atoms with van der Waals surface area (Å²) in [5, 5.41) is -0.126. The second kappa shape index (κ2) is 8.57. The molecule has 150 valence electrons. The van der Waals surface area contributed by atoms with Gasteiger partial charge in [-0.25, -0.2) is 9.18 Å². The average Bonchev–Trinajstić information content (AvgIpc) is 3.11. The first kappa shape index (κ1) is 20.7. The van der Waals surface area contributed by atoms with Crippen LogP contribution in [-0.2, 0) is 22.5 Å². The lowest BCUT2D eigenvalue weighted by Gasteiger charge is -2.40. The molecular weight excluding hydrogens is 389 g/mol. The third kappa shape index (κ3) is 5.08. The van der Waals surface area contributed by atoms with Crippen LogP contribution in [0, 0.1) is 5.82 Å². The van der Waals surface area contributed by atoms with Crippen molar-refractivity contribution in [2.75, 3.05) is 32.4 Å². The standard InChI is InChI=1S/C18H26FN3O3S2/c1-18(20-26(2)24)8-11-21(12-9-18)17(23)22-10-7-16(13-22)27(25)15-5-3-14(19)4-6-15/h3-6,16,20H,7-13H2,1-2H3. The van der Waals surface area contributed by atoms with E-state index >= 15 is 0 Å². The maximum Gasteiger partial charge on any atom is 0.320 e. The molecule has 1 aromatic rings. The highest BCUT2D eigenvalue weighted by Crippen LogP contribution is 2.27. The molecule has 0 saturated carbocycles. The monoisotopic (exact) mass is 415 g/mol. The Labute approximate surface area is 166 Å². The number of piperidine rings is 1. The van der Waals surface area contributed by atoms with Crippen molar-refractivity contribution in [3.05, 3.63) is 30.1 Å². The number of hydrogen-bond acceptors (Lipinski definition) is 4. The van der Waals surface area contributed by atoms with Gasteiger partial charge in [0.2, 0.25) is 0 Å². The van der Waals surface area contributed by atoms with Gasteiger partial charge in [-0.05, 0) is 55.2 Å². The van der Waals surface area contributed by atoms with Gasteiger partial charge in [-0.3, -0.25) is 0 Å². The molecule has 1 aromatic carbocycles. The van der Waals surface area contributed by atoms with Crippen molar-refractivity contribution in [2.24, 2.45) is 0 Å². The fourth-order valence-electron chi connectivity index (χ4n) is 3.68. The number of halogens is 1. The first-order valence-electron chi connectivity index (χ1n) is 9.09. The van der Waals surface area contributed by atoms with Crippen LogP contribution in [0.2, 0.25) is 0 Å². The molecule has 2 saturated heterocycles. The van der Waals surface area contributed by atoms with Crippen LogP contribution < -0.4 is 4.72 Å². The van der Waals surface area contributed by atoms with E-state index in [1.54, 1.807) is 23.3 Å². The highest BCUT2D eigenvalue weighted by atomic mass is 32.2. The maximum absolute atomic E-state index is 13.0. The van der Waals surface area contributed by atoms with Gasteiger partial charge in [0.25, 0.3) is 0 Å². The lowest BCUT2D eigenvalue weighted by atomic mass is 9.91. The Morgan fingerprint density at radius 2 is 1.81 bits per heavy atom. The van der Waals surface area contributed by atoms with Gasteiger partial charge in [-0.2, -0.15) is 0 Å². The van der Waals surface area contributed by atoms with E-state index < -0.39 is 22.5 Å². The van der Waals surface area contributed by atoms with Crippen LogP contribution in [-0.4, -0.2) is 68.2 Å². The lowest BCUT2D eigenvalue weighted by molar-refractivity contribution is 0.132. The summed E-state index contributed by atoms with van der Waals surface area (Å²) in [5.74, 6) is -0.350. The predicted octanol–water partition coefficient (Wildman–Crippen LogP) is 1.87. The molecule has 0 spiro atoms. The number of likely N-dealkylation sites (tertiary alicyclic amines) is 2. The molecule has 2 amide bonds. The van der Waals surface area contributed by atoms with E-state index in [9.17, 15) is 18.3 Å². The molecule has 2 fully saturated rings. The summed E-state index contributed by atoms with van der Waals surface area (Å²) < 4.78 is 40.3. The lowest BCUT2D eigenvalue weighted by Crippen LogP contribution is -2.55. The molecule has 1 N–H and O–H groups in total. The first-order valence-corrected chi connectivity index (χ1v) is 11.9. The average molecular weight is 416 g/mol. The SMILES string of the molecule is C[S+]([O-])NC1(C)CCN(C(=O)N2CCC([S+]([O-])c3ccc(F)cc3)C2)CC1. The topological polar surface area (TPSA) is 81.7 Å². The second-order valence-electron chi connectivity index (χ2n) is 7.49. The number of carbonyl (C=O) groups is 1. The summed E-state index contributed by atoms with van der Waals surface area (Å²) in [6.07, 6.45) is 3.79. The number of carbonyl (C=O) groups excluding carboxylic acids is 1. The van der Waals surface area contributed by atoms with Crippen LogP contribution >= 0.6 is 0 Å². The number of urea groups is 1. The van der Waals surface area contributed by atoms with Crippen molar-refractivity contribution in [1.29, 1.82) is 0 Å². The molecule has 2 aliphatic rings. The van der Waals surface area contributed by atoms with Gasteiger partial charge in [0.15, 0.2) is 4.90 Å². The summed E-state index contributed by atoms with van der Waals surface area (Å²) >= 11 is -2.33. The molecule has 3 rings (SSSR count). The predicted molar refractivity (Wildman–Crippen MR) is 105 cm³/mol. The van der Waals surface area contributed by atoms with Crippen molar-refractivity contribution in [2.45, 2.75) is 41.9 Å². The zero-order valence-electron chi connectivity index (χ0n) is 15.7. The molecule has 9 heteroatoms. The number of amides is 2. The van der Waals surface area contributed by atoms with E-state index in [2.05, 4.69) is 4.72 Å². The number of nitrogens with one attached hydrogen (secondary N) is 1. The number of hydrogen-bond donors (Lipinski definition) is 1. The van der Waals surface area contributed by atoms with E-state index in [1.807, 2.05) is 11.8 Å². The van der Waals surface area contributed by atoms with Crippen molar-refractivity contribution in [1.82, 2.24) is 14.5 Å². The van der Waals surface area contributed by atoms with Crippen LogP contribution in [0.1, 0.15) is 26.2 Å². The Kier molecular flexibility index (Phi) is 6.58. The third-order valence-corrected chi connectivity index (χ3v) is 7.80. The van der Waals surface area contributed by atoms with E-state index in [0.29, 0.717) is 37.5 Å². The Morgan fingerprint density at radius 3 is 2.41 bits per heavy atom. The second-order valence-corrected chi connectivity index (χ2v) is 10.3. The Bertz CT molecular complexity index is 654. The highest BCUT2D eigenvalue weighted by molar-refractivity contribution is 7.92. The molecule has 0 aliphatic carbocycles. The first-order chi connectivity index (χ1) is 12.8. The summed E-state index contributed by atoms with van der Waals surface area (Å²) in [4.78, 5) is 17.0. The maximum atomic E-state index is 13.0. The van der Waals surface area contributed by atoms with Gasteiger partial charge in [0.1, 0.15) is 17.3 Å². The minimum Gasteiger partial charge on any atom is -0.611 e. The number of benzene rings is 1. The van der Waals surface area contributed by atoms with Crippen LogP contribution in [0.5, 0.6) is 0 Å². The Morgan fingerprint density at radius 1 is 1.19 bits per heavy atom. The third-order valence-electron chi connectivity index (χ3n) is 5.29. The van der Waals surface area contributed by atoms with Gasteiger partial charge >= 0.3 is 6.03 Å². The smallest absolute Gasteiger partial charge is 0.320 e. The molecule has 0 bridgehead atoms. The molecule has 2 aliphatic heterocycles. The molecule has 2 heterocycles. The summed E-state index contributed by atoms with van der Waals surface area (Å²) in [5.41, 5.74) is -0.214. The van der Waals surface area contributed by atoms with Gasteiger partial charge < -0.3 is 18.9 Å². The van der Waals surface area contributed by atoms with Crippen molar-refractivity contribution in [3.63, 3.8) is 0 Å². The highest BCUT2D eigenvalue weighted by Gasteiger charge is 2.39. The minimum absolute atomic E-state index is 0.0201. The van der Waals surface area contributed by atoms with E-state index in [-0.39, 0.29) is 22.6 Å². The van der Waals surface area contributed by atoms with Gasteiger partial charge in [-0.15, -0.1) is 4.72 Å². The molecule has 3 atom stereocenters. The summed E-state index contributed by atoms with van der Waals surface area (Å²) in [6, 6.07) is 5.70. The summed E-state index contributed by atoms with van der Waals surface area (Å²) in [6.45, 7) is 4.30. The molecule has 3 unspecified atom stereocenters. The molecule has 0 aromatic heterocycles. The number of rotatable bonds is 4. The zero-order valence-corrected chi connectivity index (χ0v) is 17.3. The summed E-state index contributed by atoms with van der Waals surface area (Å²) in [7, 11) is 0. The van der Waals surface area contributed by atoms with Crippen LogP contribution in [0.15, 0.2) is 29.2 Å². The fraction of sp³-hybridized carbons (Fsp3) is 0.611. The van der Waals surface area contributed by atoms with Crippen LogP contribution in [0.25, 0.3) is 0 Å². The van der Waals surface area contributed by atoms with Gasteiger partial charge in [0.05, 0.1) is 12.1 Å². The van der Waals surface area contributed by atoms with Gasteiger partial charge in [0, 0.05) is 37.4 Å². The van der Waals surface area contributed by atoms with Gasteiger partial charge in [-0.1, -0.05) is 0 Å². The largest absolute Gasteiger partial charge is 0.611 e.